The average Bonchev–Trinajstić information content (AvgIpc) is 2.27. The Kier molecular flexibility index (Phi) is 4.89. The number of Topliss-reactive ketones (excluding diaryl/α,β-unsaturated/α-hetero) is 1. The highest BCUT2D eigenvalue weighted by Gasteiger charge is 2.17. The first-order valence-corrected chi connectivity index (χ1v) is 5.87. The zero-order valence-electron chi connectivity index (χ0n) is 11.0. The fourth-order valence-electron chi connectivity index (χ4n) is 1.51. The SMILES string of the molecule is CC(=O)Cc1ccc(NCC(C)(C)OC=O)cc1. The molecule has 98 valence electrons. The zero-order valence-corrected chi connectivity index (χ0v) is 11.0. The van der Waals surface area contributed by atoms with Crippen molar-refractivity contribution in [2.24, 2.45) is 0 Å². The van der Waals surface area contributed by atoms with Crippen LogP contribution in [0.4, 0.5) is 5.69 Å². The fraction of sp³-hybridized carbons (Fsp3) is 0.429. The molecule has 0 aromatic heterocycles. The molecule has 4 nitrogen and oxygen atoms in total. The largest absolute Gasteiger partial charge is 0.460 e. The number of carbonyl (C=O) groups excluding carboxylic acids is 2. The van der Waals surface area contributed by atoms with Crippen LogP contribution in [0.5, 0.6) is 0 Å². The van der Waals surface area contributed by atoms with Crippen LogP contribution in [0.25, 0.3) is 0 Å². The van der Waals surface area contributed by atoms with Crippen LogP contribution in [-0.2, 0) is 20.7 Å². The van der Waals surface area contributed by atoms with Crippen molar-refractivity contribution < 1.29 is 14.3 Å². The van der Waals surface area contributed by atoms with Gasteiger partial charge in [0.1, 0.15) is 11.4 Å². The predicted molar refractivity (Wildman–Crippen MR) is 70.5 cm³/mol. The van der Waals surface area contributed by atoms with E-state index in [9.17, 15) is 9.59 Å². The minimum absolute atomic E-state index is 0.149. The van der Waals surface area contributed by atoms with E-state index in [0.29, 0.717) is 19.4 Å². The maximum Gasteiger partial charge on any atom is 0.293 e. The quantitative estimate of drug-likeness (QED) is 0.752. The number of ketones is 1. The molecule has 18 heavy (non-hydrogen) atoms. The van der Waals surface area contributed by atoms with Crippen molar-refractivity contribution in [3.05, 3.63) is 29.8 Å². The Labute approximate surface area is 107 Å². The molecule has 0 heterocycles. The van der Waals surface area contributed by atoms with Crippen molar-refractivity contribution in [1.29, 1.82) is 0 Å². The van der Waals surface area contributed by atoms with E-state index >= 15 is 0 Å². The lowest BCUT2D eigenvalue weighted by molar-refractivity contribution is -0.139. The van der Waals surface area contributed by atoms with Gasteiger partial charge < -0.3 is 10.1 Å². The summed E-state index contributed by atoms with van der Waals surface area (Å²) >= 11 is 0. The second-order valence-corrected chi connectivity index (χ2v) is 4.90. The van der Waals surface area contributed by atoms with E-state index < -0.39 is 5.60 Å². The maximum atomic E-state index is 11.0. The highest BCUT2D eigenvalue weighted by Crippen LogP contribution is 2.13. The number of anilines is 1. The molecule has 0 spiro atoms. The number of carbonyl (C=O) groups is 2. The lowest BCUT2D eigenvalue weighted by atomic mass is 10.1. The number of benzene rings is 1. The van der Waals surface area contributed by atoms with Gasteiger partial charge in [0.15, 0.2) is 0 Å². The summed E-state index contributed by atoms with van der Waals surface area (Å²) in [6, 6.07) is 7.65. The molecule has 0 amide bonds. The van der Waals surface area contributed by atoms with E-state index in [0.717, 1.165) is 11.3 Å². The predicted octanol–water partition coefficient (Wildman–Crippen LogP) is 2.18. The maximum absolute atomic E-state index is 11.0. The molecule has 0 unspecified atom stereocenters. The zero-order chi connectivity index (χ0) is 13.6. The van der Waals surface area contributed by atoms with Gasteiger partial charge in [0, 0.05) is 12.1 Å². The monoisotopic (exact) mass is 249 g/mol. The van der Waals surface area contributed by atoms with Gasteiger partial charge in [-0.05, 0) is 38.5 Å². The van der Waals surface area contributed by atoms with Crippen molar-refractivity contribution in [3.63, 3.8) is 0 Å². The van der Waals surface area contributed by atoms with Gasteiger partial charge in [0.2, 0.25) is 0 Å². The van der Waals surface area contributed by atoms with Crippen molar-refractivity contribution >= 4 is 17.9 Å². The van der Waals surface area contributed by atoms with Crippen LogP contribution < -0.4 is 5.32 Å². The van der Waals surface area contributed by atoms with Crippen LogP contribution in [0.3, 0.4) is 0 Å². The molecule has 1 rings (SSSR count). The molecule has 0 aliphatic heterocycles. The Morgan fingerprint density at radius 2 is 1.94 bits per heavy atom. The summed E-state index contributed by atoms with van der Waals surface area (Å²) in [5.74, 6) is 0.149. The van der Waals surface area contributed by atoms with Crippen LogP contribution in [-0.4, -0.2) is 24.4 Å². The highest BCUT2D eigenvalue weighted by molar-refractivity contribution is 5.78. The average molecular weight is 249 g/mol. The van der Waals surface area contributed by atoms with Gasteiger partial charge in [-0.15, -0.1) is 0 Å². The third kappa shape index (κ3) is 4.99. The topological polar surface area (TPSA) is 55.4 Å². The van der Waals surface area contributed by atoms with Gasteiger partial charge in [-0.1, -0.05) is 12.1 Å². The first kappa shape index (κ1) is 14.2. The van der Waals surface area contributed by atoms with Crippen molar-refractivity contribution in [1.82, 2.24) is 0 Å². The number of rotatable bonds is 7. The summed E-state index contributed by atoms with van der Waals surface area (Å²) in [6.45, 7) is 6.22. The summed E-state index contributed by atoms with van der Waals surface area (Å²) in [6.07, 6.45) is 0.458. The normalized spacial score (nSPS) is 10.8. The van der Waals surface area contributed by atoms with Gasteiger partial charge in [0.05, 0.1) is 6.54 Å². The van der Waals surface area contributed by atoms with E-state index in [1.165, 1.54) is 0 Å². The molecule has 1 aromatic rings. The number of hydrogen-bond acceptors (Lipinski definition) is 4. The Morgan fingerprint density at radius 1 is 1.33 bits per heavy atom. The third-order valence-corrected chi connectivity index (χ3v) is 2.49. The highest BCUT2D eigenvalue weighted by atomic mass is 16.5. The molecule has 4 heteroatoms. The molecule has 0 fully saturated rings. The molecule has 0 saturated carbocycles. The minimum atomic E-state index is -0.542. The summed E-state index contributed by atoms with van der Waals surface area (Å²) in [4.78, 5) is 21.3. The van der Waals surface area contributed by atoms with Gasteiger partial charge in [-0.3, -0.25) is 9.59 Å². The number of ether oxygens (including phenoxy) is 1. The lowest BCUT2D eigenvalue weighted by Crippen LogP contribution is -2.32. The Hall–Kier alpha value is -1.84. The van der Waals surface area contributed by atoms with Crippen molar-refractivity contribution in [2.75, 3.05) is 11.9 Å². The van der Waals surface area contributed by atoms with Gasteiger partial charge >= 0.3 is 0 Å². The van der Waals surface area contributed by atoms with Gasteiger partial charge in [0.25, 0.3) is 6.47 Å². The van der Waals surface area contributed by atoms with Crippen LogP contribution in [0.1, 0.15) is 26.3 Å². The van der Waals surface area contributed by atoms with Gasteiger partial charge in [-0.2, -0.15) is 0 Å². The molecular formula is C14H19NO3. The molecule has 1 N–H and O–H groups in total. The second-order valence-electron chi connectivity index (χ2n) is 4.90. The van der Waals surface area contributed by atoms with Gasteiger partial charge in [-0.25, -0.2) is 0 Å². The summed E-state index contributed by atoms with van der Waals surface area (Å²) < 4.78 is 4.94. The van der Waals surface area contributed by atoms with Crippen LogP contribution in [0.2, 0.25) is 0 Å². The molecule has 0 bridgehead atoms. The molecule has 0 aliphatic carbocycles. The number of hydrogen-bond donors (Lipinski definition) is 1. The van der Waals surface area contributed by atoms with E-state index in [4.69, 9.17) is 4.74 Å². The lowest BCUT2D eigenvalue weighted by Gasteiger charge is -2.23. The Bertz CT molecular complexity index is 410. The molecule has 1 aromatic carbocycles. The van der Waals surface area contributed by atoms with Crippen molar-refractivity contribution in [2.45, 2.75) is 32.8 Å². The summed E-state index contributed by atoms with van der Waals surface area (Å²) in [5, 5.41) is 3.18. The molecule has 0 saturated heterocycles. The van der Waals surface area contributed by atoms with E-state index in [2.05, 4.69) is 5.32 Å². The fourth-order valence-corrected chi connectivity index (χ4v) is 1.51. The van der Waals surface area contributed by atoms with E-state index in [1.807, 2.05) is 38.1 Å². The number of nitrogens with one attached hydrogen (secondary N) is 1. The van der Waals surface area contributed by atoms with Crippen LogP contribution in [0.15, 0.2) is 24.3 Å². The first-order valence-electron chi connectivity index (χ1n) is 5.87. The standard InChI is InChI=1S/C14H19NO3/c1-11(17)8-12-4-6-13(7-5-12)15-9-14(2,3)18-10-16/h4-7,10,15H,8-9H2,1-3H3. The Balaban J connectivity index is 2.53. The smallest absolute Gasteiger partial charge is 0.293 e. The minimum Gasteiger partial charge on any atom is -0.460 e. The molecule has 0 radical (unpaired) electrons. The van der Waals surface area contributed by atoms with E-state index in [1.54, 1.807) is 6.92 Å². The van der Waals surface area contributed by atoms with Crippen molar-refractivity contribution in [3.8, 4) is 0 Å². The van der Waals surface area contributed by atoms with E-state index in [-0.39, 0.29) is 5.78 Å². The van der Waals surface area contributed by atoms with Crippen LogP contribution in [0, 0.1) is 0 Å². The molecule has 0 atom stereocenters. The Morgan fingerprint density at radius 3 is 2.44 bits per heavy atom. The summed E-state index contributed by atoms with van der Waals surface area (Å²) in [7, 11) is 0. The second kappa shape index (κ2) is 6.19. The molecule has 0 aliphatic rings. The molecular weight excluding hydrogens is 230 g/mol. The first-order chi connectivity index (χ1) is 8.43. The summed E-state index contributed by atoms with van der Waals surface area (Å²) in [5.41, 5.74) is 1.39. The third-order valence-electron chi connectivity index (χ3n) is 2.49. The van der Waals surface area contributed by atoms with Crippen LogP contribution >= 0.6 is 0 Å².